The molecule has 62 valence electrons. The molecule has 0 unspecified atom stereocenters. The number of aryl methyl sites for hydroxylation is 2. The summed E-state index contributed by atoms with van der Waals surface area (Å²) in [5.74, 6) is 0. The molecule has 0 aliphatic heterocycles. The third-order valence-corrected chi connectivity index (χ3v) is 1.94. The normalized spacial score (nSPS) is 10.9. The van der Waals surface area contributed by atoms with Gasteiger partial charge in [0.15, 0.2) is 0 Å². The molecule has 0 bridgehead atoms. The van der Waals surface area contributed by atoms with E-state index in [9.17, 15) is 0 Å². The summed E-state index contributed by atoms with van der Waals surface area (Å²) in [7, 11) is 1.87. The third kappa shape index (κ3) is 1.06. The molecule has 0 saturated carbocycles. The molecule has 2 rings (SSSR count). The third-order valence-electron chi connectivity index (χ3n) is 1.75. The van der Waals surface area contributed by atoms with Crippen molar-refractivity contribution in [2.75, 3.05) is 0 Å². The molecular weight excluding hydrogens is 174 g/mol. The van der Waals surface area contributed by atoms with E-state index in [2.05, 4.69) is 10.1 Å². The number of hydrogen-bond donors (Lipinski definition) is 0. The fourth-order valence-electron chi connectivity index (χ4n) is 1.23. The van der Waals surface area contributed by atoms with E-state index in [1.54, 1.807) is 4.68 Å². The van der Waals surface area contributed by atoms with Crippen LogP contribution in [0.5, 0.6) is 0 Å². The molecule has 0 amide bonds. The number of nitrogens with zero attached hydrogens (tertiary/aromatic N) is 3. The Morgan fingerprint density at radius 2 is 2.25 bits per heavy atom. The van der Waals surface area contributed by atoms with Crippen molar-refractivity contribution in [1.82, 2.24) is 14.8 Å². The minimum atomic E-state index is 0.521. The molecule has 0 fully saturated rings. The topological polar surface area (TPSA) is 30.7 Å². The molecule has 2 heterocycles. The number of fused-ring (bicyclic) bond motifs is 1. The first-order valence-electron chi connectivity index (χ1n) is 3.63. The van der Waals surface area contributed by atoms with Crippen LogP contribution in [0, 0.1) is 6.92 Å². The van der Waals surface area contributed by atoms with Crippen molar-refractivity contribution in [3.63, 3.8) is 0 Å². The maximum Gasteiger partial charge on any atom is 0.130 e. The van der Waals surface area contributed by atoms with E-state index in [0.717, 1.165) is 16.6 Å². The summed E-state index contributed by atoms with van der Waals surface area (Å²) in [5.41, 5.74) is 2.83. The van der Waals surface area contributed by atoms with E-state index < -0.39 is 0 Å². The first-order valence-corrected chi connectivity index (χ1v) is 4.01. The monoisotopic (exact) mass is 181 g/mol. The van der Waals surface area contributed by atoms with Crippen LogP contribution in [0.2, 0.25) is 5.15 Å². The Morgan fingerprint density at radius 3 is 3.00 bits per heavy atom. The summed E-state index contributed by atoms with van der Waals surface area (Å²) in [6.45, 7) is 1.98. The average Bonchev–Trinajstić information content (AvgIpc) is 2.29. The Hall–Kier alpha value is -1.09. The minimum Gasteiger partial charge on any atom is -0.273 e. The van der Waals surface area contributed by atoms with Gasteiger partial charge in [-0.3, -0.25) is 4.68 Å². The van der Waals surface area contributed by atoms with Crippen molar-refractivity contribution in [3.05, 3.63) is 23.0 Å². The highest BCUT2D eigenvalue weighted by Gasteiger charge is 2.03. The van der Waals surface area contributed by atoms with Gasteiger partial charge in [0.05, 0.1) is 6.20 Å². The molecule has 2 aromatic rings. The molecule has 0 radical (unpaired) electrons. The smallest absolute Gasteiger partial charge is 0.130 e. The van der Waals surface area contributed by atoms with Crippen LogP contribution in [0.15, 0.2) is 12.3 Å². The largest absolute Gasteiger partial charge is 0.273 e. The van der Waals surface area contributed by atoms with Crippen molar-refractivity contribution in [1.29, 1.82) is 0 Å². The summed E-state index contributed by atoms with van der Waals surface area (Å²) in [4.78, 5) is 4.14. The van der Waals surface area contributed by atoms with Crippen LogP contribution in [-0.2, 0) is 7.05 Å². The van der Waals surface area contributed by atoms with Crippen LogP contribution in [0.25, 0.3) is 11.0 Å². The van der Waals surface area contributed by atoms with Crippen molar-refractivity contribution >= 4 is 22.6 Å². The van der Waals surface area contributed by atoms with Gasteiger partial charge in [0.25, 0.3) is 0 Å². The SMILES string of the molecule is Cc1cc(Cl)nc2cn(C)nc12. The first kappa shape index (κ1) is 7.55. The van der Waals surface area contributed by atoms with Crippen LogP contribution in [-0.4, -0.2) is 14.8 Å². The Balaban J connectivity index is 2.88. The van der Waals surface area contributed by atoms with Crippen LogP contribution in [0.4, 0.5) is 0 Å². The zero-order chi connectivity index (χ0) is 8.72. The number of hydrogen-bond acceptors (Lipinski definition) is 2. The van der Waals surface area contributed by atoms with Gasteiger partial charge in [-0.2, -0.15) is 5.10 Å². The van der Waals surface area contributed by atoms with E-state index in [4.69, 9.17) is 11.6 Å². The summed E-state index contributed by atoms with van der Waals surface area (Å²) in [6, 6.07) is 1.82. The van der Waals surface area contributed by atoms with E-state index in [1.165, 1.54) is 0 Å². The molecule has 3 nitrogen and oxygen atoms in total. The average molecular weight is 182 g/mol. The fraction of sp³-hybridized carbons (Fsp3) is 0.250. The minimum absolute atomic E-state index is 0.521. The van der Waals surface area contributed by atoms with Gasteiger partial charge in [-0.05, 0) is 18.6 Å². The van der Waals surface area contributed by atoms with E-state index in [1.807, 2.05) is 26.2 Å². The van der Waals surface area contributed by atoms with E-state index in [-0.39, 0.29) is 0 Å². The van der Waals surface area contributed by atoms with Gasteiger partial charge in [-0.25, -0.2) is 4.98 Å². The van der Waals surface area contributed by atoms with Crippen LogP contribution in [0.3, 0.4) is 0 Å². The fourth-order valence-corrected chi connectivity index (χ4v) is 1.49. The van der Waals surface area contributed by atoms with Crippen LogP contribution < -0.4 is 0 Å². The molecule has 0 aliphatic carbocycles. The second kappa shape index (κ2) is 2.45. The highest BCUT2D eigenvalue weighted by Crippen LogP contribution is 2.17. The maximum absolute atomic E-state index is 5.79. The summed E-state index contributed by atoms with van der Waals surface area (Å²) >= 11 is 5.79. The molecule has 2 aromatic heterocycles. The quantitative estimate of drug-likeness (QED) is 0.582. The van der Waals surface area contributed by atoms with Gasteiger partial charge < -0.3 is 0 Å². The van der Waals surface area contributed by atoms with Crippen LogP contribution in [0.1, 0.15) is 5.56 Å². The van der Waals surface area contributed by atoms with Crippen molar-refractivity contribution in [2.45, 2.75) is 6.92 Å². The Morgan fingerprint density at radius 1 is 1.50 bits per heavy atom. The number of rotatable bonds is 0. The number of halogens is 1. The summed E-state index contributed by atoms with van der Waals surface area (Å²) in [5, 5.41) is 4.77. The molecule has 0 aromatic carbocycles. The van der Waals surface area contributed by atoms with Crippen molar-refractivity contribution < 1.29 is 0 Å². The van der Waals surface area contributed by atoms with Gasteiger partial charge in [-0.1, -0.05) is 11.6 Å². The lowest BCUT2D eigenvalue weighted by Crippen LogP contribution is -1.86. The predicted octanol–water partition coefficient (Wildman–Crippen LogP) is 1.93. The van der Waals surface area contributed by atoms with E-state index in [0.29, 0.717) is 5.15 Å². The van der Waals surface area contributed by atoms with Gasteiger partial charge in [0.1, 0.15) is 16.2 Å². The number of aromatic nitrogens is 3. The van der Waals surface area contributed by atoms with Gasteiger partial charge in [0.2, 0.25) is 0 Å². The maximum atomic E-state index is 5.79. The standard InChI is InChI=1S/C8H8ClN3/c1-5-3-7(9)10-6-4-12(2)11-8(5)6/h3-4H,1-2H3. The number of pyridine rings is 1. The lowest BCUT2D eigenvalue weighted by Gasteiger charge is -1.93. The zero-order valence-corrected chi connectivity index (χ0v) is 7.63. The summed E-state index contributed by atoms with van der Waals surface area (Å²) < 4.78 is 1.74. The van der Waals surface area contributed by atoms with Gasteiger partial charge in [-0.15, -0.1) is 0 Å². The Bertz CT molecular complexity index is 433. The Kier molecular flexibility index (Phi) is 1.54. The molecule has 4 heteroatoms. The summed E-state index contributed by atoms with van der Waals surface area (Å²) in [6.07, 6.45) is 1.86. The van der Waals surface area contributed by atoms with Crippen LogP contribution >= 0.6 is 11.6 Å². The molecule has 0 spiro atoms. The lowest BCUT2D eigenvalue weighted by molar-refractivity contribution is 0.778. The molecule has 0 N–H and O–H groups in total. The second-order valence-electron chi connectivity index (χ2n) is 2.80. The molecular formula is C8H8ClN3. The molecule has 0 aliphatic rings. The lowest BCUT2D eigenvalue weighted by atomic mass is 10.2. The van der Waals surface area contributed by atoms with Gasteiger partial charge >= 0.3 is 0 Å². The highest BCUT2D eigenvalue weighted by molar-refractivity contribution is 6.29. The highest BCUT2D eigenvalue weighted by atomic mass is 35.5. The van der Waals surface area contributed by atoms with Crippen molar-refractivity contribution in [3.8, 4) is 0 Å². The molecule has 12 heavy (non-hydrogen) atoms. The Labute approximate surface area is 75.0 Å². The van der Waals surface area contributed by atoms with E-state index >= 15 is 0 Å². The molecule has 0 saturated heterocycles. The molecule has 0 atom stereocenters. The predicted molar refractivity (Wildman–Crippen MR) is 48.3 cm³/mol. The van der Waals surface area contributed by atoms with Gasteiger partial charge in [0, 0.05) is 7.05 Å². The zero-order valence-electron chi connectivity index (χ0n) is 6.87. The van der Waals surface area contributed by atoms with Crippen molar-refractivity contribution in [2.24, 2.45) is 7.05 Å². The second-order valence-corrected chi connectivity index (χ2v) is 3.19. The first-order chi connectivity index (χ1) is 5.66.